The summed E-state index contributed by atoms with van der Waals surface area (Å²) >= 11 is 0. The van der Waals surface area contributed by atoms with Crippen LogP contribution in [0.4, 0.5) is 11.4 Å². The Labute approximate surface area is 331 Å². The van der Waals surface area contributed by atoms with Crippen LogP contribution in [-0.4, -0.2) is 91.8 Å². The molecule has 3 saturated carbocycles. The van der Waals surface area contributed by atoms with E-state index < -0.39 is 11.8 Å². The number of nitrogens with two attached hydrogens (primary N) is 2. The second-order valence-electron chi connectivity index (χ2n) is 16.1. The first kappa shape index (κ1) is 38.4. The number of rotatable bonds is 13. The number of carbonyl (C=O) groups is 3. The molecule has 0 bridgehead atoms. The van der Waals surface area contributed by atoms with Crippen molar-refractivity contribution in [3.63, 3.8) is 0 Å². The number of nitrogens with one attached hydrogen (secondary N) is 3. The Kier molecular flexibility index (Phi) is 10.2. The first-order chi connectivity index (χ1) is 27.3. The van der Waals surface area contributed by atoms with Crippen LogP contribution >= 0.6 is 0 Å². The van der Waals surface area contributed by atoms with Gasteiger partial charge in [-0.25, -0.2) is 9.88 Å². The second kappa shape index (κ2) is 15.1. The quantitative estimate of drug-likeness (QED) is 0.0757. The number of carbonyl (C=O) groups excluding carboxylic acids is 3. The number of likely N-dealkylation sites (tertiary alicyclic amines) is 1. The van der Waals surface area contributed by atoms with E-state index in [-0.39, 0.29) is 70.5 Å². The highest BCUT2D eigenvalue weighted by atomic mass is 16.5. The second-order valence-corrected chi connectivity index (χ2v) is 16.1. The van der Waals surface area contributed by atoms with Crippen molar-refractivity contribution < 1.29 is 24.6 Å². The van der Waals surface area contributed by atoms with Crippen LogP contribution in [0.1, 0.15) is 98.7 Å². The lowest BCUT2D eigenvalue weighted by atomic mass is 9.91. The van der Waals surface area contributed by atoms with Crippen LogP contribution in [0.15, 0.2) is 65.9 Å². The monoisotopic (exact) mass is 779 g/mol. The number of hydrogen-bond donors (Lipinski definition) is 7. The van der Waals surface area contributed by atoms with Crippen molar-refractivity contribution in [1.29, 1.82) is 0 Å². The first-order valence-corrected chi connectivity index (χ1v) is 20.1. The van der Waals surface area contributed by atoms with E-state index in [1.807, 2.05) is 31.4 Å². The molecule has 3 amide bonds. The Morgan fingerprint density at radius 3 is 2.37 bits per heavy atom. The van der Waals surface area contributed by atoms with Gasteiger partial charge in [-0.3, -0.25) is 19.1 Å². The Hall–Kier alpha value is -5.45. The first-order valence-electron chi connectivity index (χ1n) is 20.1. The van der Waals surface area contributed by atoms with Crippen molar-refractivity contribution in [2.45, 2.75) is 94.8 Å². The molecule has 302 valence electrons. The molecule has 9 N–H and O–H groups in total. The zero-order chi connectivity index (χ0) is 40.2. The number of amides is 3. The molecule has 2 aromatic heterocycles. The van der Waals surface area contributed by atoms with Crippen LogP contribution in [0.3, 0.4) is 0 Å². The molecule has 1 saturated heterocycles. The molecular weight excluding hydrogens is 727 g/mol. The van der Waals surface area contributed by atoms with Crippen molar-refractivity contribution >= 4 is 29.1 Å². The molecule has 57 heavy (non-hydrogen) atoms. The van der Waals surface area contributed by atoms with Crippen LogP contribution in [-0.2, 0) is 15.5 Å². The summed E-state index contributed by atoms with van der Waals surface area (Å²) in [5.74, 6) is -3.10. The van der Waals surface area contributed by atoms with Gasteiger partial charge in [-0.2, -0.15) is 5.10 Å². The molecular formula is C41H53N11O5. The normalized spacial score (nSPS) is 20.6. The van der Waals surface area contributed by atoms with E-state index in [0.717, 1.165) is 67.5 Å². The van der Waals surface area contributed by atoms with Crippen LogP contribution in [0.5, 0.6) is 0 Å². The molecule has 2 aliphatic heterocycles. The van der Waals surface area contributed by atoms with E-state index in [1.165, 1.54) is 6.08 Å². The smallest absolute Gasteiger partial charge is 0.272 e. The predicted octanol–water partition coefficient (Wildman–Crippen LogP) is 2.70. The predicted molar refractivity (Wildman–Crippen MR) is 214 cm³/mol. The molecule has 5 aliphatic rings. The van der Waals surface area contributed by atoms with E-state index in [1.54, 1.807) is 35.0 Å². The standard InChI is InChI=1S/C41H53N11O5/c1-4-32-37-28(22-44-52(37)26-17-19-51(20-18-26)41(56,57)33-10-6-9-30(47-33)40(55)49(2)25-15-16-25)27-7-5-8-29(36(27)50(32)3)46-31(35(43)39(54)45-24-13-14-24)21-34(42)48-38(53)23-11-12-23/h5-10,21-26,32,46,56-57H,4,11-20,42-43H2,1-3H3,(H,45,54)(H,48,53)/b34-21+,35-31+. The summed E-state index contributed by atoms with van der Waals surface area (Å²) in [6.45, 7) is 2.87. The lowest BCUT2D eigenvalue weighted by Gasteiger charge is -2.41. The summed E-state index contributed by atoms with van der Waals surface area (Å²) in [4.78, 5) is 48.6. The Morgan fingerprint density at radius 2 is 1.70 bits per heavy atom. The maximum absolute atomic E-state index is 13.2. The number of fused-ring (bicyclic) bond motifs is 3. The minimum Gasteiger partial charge on any atom is -0.393 e. The number of para-hydroxylation sites is 1. The SMILES string of the molecule is CCC1c2c(cnn2C2CCN(C(O)(O)c3cccc(C(=O)N(C)C4CC4)n3)CC2)-c2cccc(NC(/C=C(\N)NC(=O)C3CC3)=C(/N)C(=O)NC3CC3)c2N1C. The molecule has 4 fully saturated rings. The Bertz CT molecular complexity index is 2130. The third kappa shape index (κ3) is 7.68. The number of hydrogen-bond acceptors (Lipinski definition) is 12. The average molecular weight is 780 g/mol. The molecule has 1 unspecified atom stereocenters. The number of pyridine rings is 1. The van der Waals surface area contributed by atoms with E-state index >= 15 is 0 Å². The molecule has 0 spiro atoms. The van der Waals surface area contributed by atoms with Crippen LogP contribution in [0, 0.1) is 5.92 Å². The van der Waals surface area contributed by atoms with E-state index in [0.29, 0.717) is 31.6 Å². The minimum absolute atomic E-state index is 0.00236. The largest absolute Gasteiger partial charge is 0.393 e. The van der Waals surface area contributed by atoms with Gasteiger partial charge >= 0.3 is 0 Å². The highest BCUT2D eigenvalue weighted by molar-refractivity contribution is 5.97. The van der Waals surface area contributed by atoms with E-state index in [2.05, 4.69) is 37.4 Å². The van der Waals surface area contributed by atoms with Gasteiger partial charge in [0.15, 0.2) is 0 Å². The Balaban J connectivity index is 1.04. The van der Waals surface area contributed by atoms with E-state index in [4.69, 9.17) is 16.6 Å². The number of aliphatic hydroxyl groups is 2. The van der Waals surface area contributed by atoms with Gasteiger partial charge < -0.3 is 47.4 Å². The zero-order valence-electron chi connectivity index (χ0n) is 32.7. The molecule has 3 aromatic rings. The molecule has 16 nitrogen and oxygen atoms in total. The van der Waals surface area contributed by atoms with Crippen molar-refractivity contribution in [2.75, 3.05) is 37.4 Å². The van der Waals surface area contributed by atoms with Crippen molar-refractivity contribution in [3.05, 3.63) is 83.0 Å². The van der Waals surface area contributed by atoms with Crippen LogP contribution < -0.4 is 32.3 Å². The number of benzene rings is 1. The van der Waals surface area contributed by atoms with Crippen LogP contribution in [0.2, 0.25) is 0 Å². The molecule has 4 heterocycles. The number of nitrogens with zero attached hydrogens (tertiary/aromatic N) is 6. The van der Waals surface area contributed by atoms with Gasteiger partial charge in [-0.05, 0) is 76.0 Å². The van der Waals surface area contributed by atoms with Gasteiger partial charge in [0.05, 0.1) is 41.0 Å². The zero-order valence-corrected chi connectivity index (χ0v) is 32.7. The maximum Gasteiger partial charge on any atom is 0.272 e. The number of aromatic nitrogens is 3. The molecule has 16 heteroatoms. The van der Waals surface area contributed by atoms with Crippen molar-refractivity contribution in [3.8, 4) is 11.1 Å². The van der Waals surface area contributed by atoms with Gasteiger partial charge in [0.1, 0.15) is 22.9 Å². The number of allylic oxidation sites excluding steroid dienone is 1. The fourth-order valence-electron chi connectivity index (χ4n) is 8.10. The lowest BCUT2D eigenvalue weighted by Crippen LogP contribution is -2.51. The van der Waals surface area contributed by atoms with E-state index in [9.17, 15) is 24.6 Å². The molecule has 8 rings (SSSR count). The summed E-state index contributed by atoms with van der Waals surface area (Å²) in [5.41, 5.74) is 17.8. The molecule has 3 aliphatic carbocycles. The minimum atomic E-state index is -2.35. The third-order valence-electron chi connectivity index (χ3n) is 11.9. The molecule has 1 atom stereocenters. The number of anilines is 2. The summed E-state index contributed by atoms with van der Waals surface area (Å²) < 4.78 is 2.10. The fourth-order valence-corrected chi connectivity index (χ4v) is 8.10. The third-order valence-corrected chi connectivity index (χ3v) is 11.9. The molecule has 1 aromatic carbocycles. The summed E-state index contributed by atoms with van der Waals surface area (Å²) in [5, 5.41) is 36.9. The average Bonchev–Trinajstić information content (AvgIpc) is 4.07. The molecule has 0 radical (unpaired) electrons. The summed E-state index contributed by atoms with van der Waals surface area (Å²) in [6, 6.07) is 10.9. The number of piperidine rings is 1. The Morgan fingerprint density at radius 1 is 0.982 bits per heavy atom. The highest BCUT2D eigenvalue weighted by Crippen LogP contribution is 2.50. The van der Waals surface area contributed by atoms with Gasteiger partial charge in [-0.15, -0.1) is 0 Å². The van der Waals surface area contributed by atoms with Gasteiger partial charge in [-0.1, -0.05) is 25.1 Å². The summed E-state index contributed by atoms with van der Waals surface area (Å²) in [7, 11) is 3.79. The fraction of sp³-hybridized carbons (Fsp3) is 0.488. The van der Waals surface area contributed by atoms with Gasteiger partial charge in [0.25, 0.3) is 17.7 Å². The lowest BCUT2D eigenvalue weighted by molar-refractivity contribution is -0.282. The topological polar surface area (TPSA) is 220 Å². The van der Waals surface area contributed by atoms with Gasteiger partial charge in [0.2, 0.25) is 5.91 Å². The van der Waals surface area contributed by atoms with Crippen LogP contribution in [0.25, 0.3) is 11.1 Å². The highest BCUT2D eigenvalue weighted by Gasteiger charge is 2.41. The van der Waals surface area contributed by atoms with Crippen molar-refractivity contribution in [2.24, 2.45) is 17.4 Å². The summed E-state index contributed by atoms with van der Waals surface area (Å²) in [6.07, 6.45) is 10.8. The van der Waals surface area contributed by atoms with Crippen molar-refractivity contribution in [1.82, 2.24) is 35.2 Å². The van der Waals surface area contributed by atoms with Gasteiger partial charge in [0, 0.05) is 62.4 Å². The maximum atomic E-state index is 13.2.